The Balaban J connectivity index is 1.99. The van der Waals surface area contributed by atoms with Crippen LogP contribution in [0.15, 0.2) is 83.8 Å². The molecule has 1 N–H and O–H groups in total. The number of hydrogen-bond acceptors (Lipinski definition) is 4. The third kappa shape index (κ3) is 7.20. The Kier molecular flexibility index (Phi) is 9.47. The minimum Gasteiger partial charge on any atom is -0.354 e. The van der Waals surface area contributed by atoms with Crippen LogP contribution in [0, 0.1) is 13.8 Å². The molecule has 196 valence electrons. The highest BCUT2D eigenvalue weighted by molar-refractivity contribution is 7.92. The second-order valence-electron chi connectivity index (χ2n) is 9.14. The summed E-state index contributed by atoms with van der Waals surface area (Å²) in [6.45, 7) is 7.68. The molecule has 1 atom stereocenters. The zero-order valence-electron chi connectivity index (χ0n) is 21.8. The summed E-state index contributed by atoms with van der Waals surface area (Å²) in [5.41, 5.74) is 3.18. The smallest absolute Gasteiger partial charge is 0.264 e. The normalized spacial score (nSPS) is 12.0. The van der Waals surface area contributed by atoms with Gasteiger partial charge in [-0.25, -0.2) is 8.42 Å². The van der Waals surface area contributed by atoms with Crippen molar-refractivity contribution in [2.75, 3.05) is 17.4 Å². The van der Waals surface area contributed by atoms with Crippen molar-refractivity contribution in [3.8, 4) is 0 Å². The Bertz CT molecular complexity index is 1310. The highest BCUT2D eigenvalue weighted by atomic mass is 32.2. The van der Waals surface area contributed by atoms with Crippen molar-refractivity contribution >= 4 is 27.5 Å². The van der Waals surface area contributed by atoms with E-state index in [0.717, 1.165) is 27.4 Å². The number of nitrogens with one attached hydrogen (secondary N) is 1. The molecule has 0 aromatic heterocycles. The first-order valence-corrected chi connectivity index (χ1v) is 13.8. The summed E-state index contributed by atoms with van der Waals surface area (Å²) < 4.78 is 28.6. The molecule has 0 spiro atoms. The van der Waals surface area contributed by atoms with Crippen LogP contribution in [0.4, 0.5) is 5.69 Å². The van der Waals surface area contributed by atoms with E-state index in [1.807, 2.05) is 45.0 Å². The quantitative estimate of drug-likeness (QED) is 0.404. The second kappa shape index (κ2) is 12.5. The minimum absolute atomic E-state index is 0.0914. The van der Waals surface area contributed by atoms with Gasteiger partial charge in [0.2, 0.25) is 11.8 Å². The number of amides is 2. The summed E-state index contributed by atoms with van der Waals surface area (Å²) >= 11 is 0. The second-order valence-corrected chi connectivity index (χ2v) is 11.0. The zero-order chi connectivity index (χ0) is 27.0. The molecule has 0 fully saturated rings. The molecule has 7 nitrogen and oxygen atoms in total. The fourth-order valence-corrected chi connectivity index (χ4v) is 5.36. The minimum atomic E-state index is -4.05. The lowest BCUT2D eigenvalue weighted by Gasteiger charge is -2.32. The van der Waals surface area contributed by atoms with Crippen LogP contribution < -0.4 is 9.62 Å². The summed E-state index contributed by atoms with van der Waals surface area (Å²) in [6, 6.07) is 22.0. The van der Waals surface area contributed by atoms with Crippen LogP contribution in [0.2, 0.25) is 0 Å². The van der Waals surface area contributed by atoms with E-state index in [2.05, 4.69) is 5.32 Å². The molecule has 3 rings (SSSR count). The number of nitrogens with zero attached hydrogens (tertiary/aromatic N) is 2. The maximum absolute atomic E-state index is 13.8. The molecule has 3 aromatic rings. The van der Waals surface area contributed by atoms with Gasteiger partial charge in [-0.3, -0.25) is 13.9 Å². The summed E-state index contributed by atoms with van der Waals surface area (Å²) in [6.07, 6.45) is 0.765. The first kappa shape index (κ1) is 27.9. The fourth-order valence-electron chi connectivity index (χ4n) is 3.95. The van der Waals surface area contributed by atoms with E-state index in [0.29, 0.717) is 12.2 Å². The van der Waals surface area contributed by atoms with E-state index in [1.54, 1.807) is 49.4 Å². The van der Waals surface area contributed by atoms with Crippen molar-refractivity contribution in [3.63, 3.8) is 0 Å². The van der Waals surface area contributed by atoms with Gasteiger partial charge in [0.1, 0.15) is 12.6 Å². The largest absolute Gasteiger partial charge is 0.354 e. The predicted molar refractivity (Wildman–Crippen MR) is 147 cm³/mol. The number of carbonyl (C=O) groups excluding carboxylic acids is 2. The highest BCUT2D eigenvalue weighted by Gasteiger charge is 2.32. The monoisotopic (exact) mass is 521 g/mol. The van der Waals surface area contributed by atoms with Gasteiger partial charge in [-0.1, -0.05) is 72.6 Å². The summed E-state index contributed by atoms with van der Waals surface area (Å²) in [7, 11) is -4.05. The number of hydrogen-bond donors (Lipinski definition) is 1. The Morgan fingerprint density at radius 3 is 2.19 bits per heavy atom. The Labute approximate surface area is 220 Å². The standard InChI is InChI=1S/C29H35N3O4S/c1-5-18-30-29(34)24(4)31(20-25-11-9-10-23(3)19-25)28(33)21-32(26-12-7-6-8-13-26)37(35,36)27-16-14-22(2)15-17-27/h6-17,19,24H,5,18,20-21H2,1-4H3,(H,30,34)/t24-/m0/s1. The van der Waals surface area contributed by atoms with Crippen LogP contribution in [0.5, 0.6) is 0 Å². The number of aryl methyl sites for hydroxylation is 2. The van der Waals surface area contributed by atoms with E-state index < -0.39 is 28.5 Å². The van der Waals surface area contributed by atoms with Crippen LogP contribution in [-0.2, 0) is 26.2 Å². The molecule has 0 saturated carbocycles. The maximum Gasteiger partial charge on any atom is 0.264 e. The van der Waals surface area contributed by atoms with Crippen LogP contribution in [0.1, 0.15) is 37.0 Å². The first-order chi connectivity index (χ1) is 17.6. The number of rotatable bonds is 11. The van der Waals surface area contributed by atoms with Crippen LogP contribution >= 0.6 is 0 Å². The summed E-state index contributed by atoms with van der Waals surface area (Å²) in [4.78, 5) is 28.2. The average Bonchev–Trinajstić information content (AvgIpc) is 2.89. The molecule has 37 heavy (non-hydrogen) atoms. The van der Waals surface area contributed by atoms with Crippen LogP contribution in [0.3, 0.4) is 0 Å². The van der Waals surface area contributed by atoms with E-state index in [9.17, 15) is 18.0 Å². The maximum atomic E-state index is 13.8. The Morgan fingerprint density at radius 2 is 1.57 bits per heavy atom. The van der Waals surface area contributed by atoms with Crippen molar-refractivity contribution < 1.29 is 18.0 Å². The van der Waals surface area contributed by atoms with E-state index in [1.165, 1.54) is 17.0 Å². The van der Waals surface area contributed by atoms with Crippen LogP contribution in [0.25, 0.3) is 0 Å². The molecule has 0 aliphatic carbocycles. The van der Waals surface area contributed by atoms with Crippen molar-refractivity contribution in [3.05, 3.63) is 95.6 Å². The fraction of sp³-hybridized carbons (Fsp3) is 0.310. The molecule has 3 aromatic carbocycles. The topological polar surface area (TPSA) is 86.8 Å². The van der Waals surface area contributed by atoms with E-state index in [4.69, 9.17) is 0 Å². The van der Waals surface area contributed by atoms with E-state index in [-0.39, 0.29) is 17.3 Å². The van der Waals surface area contributed by atoms with Crippen molar-refractivity contribution in [1.29, 1.82) is 0 Å². The number of anilines is 1. The number of carbonyl (C=O) groups is 2. The van der Waals surface area contributed by atoms with Crippen LogP contribution in [-0.4, -0.2) is 44.3 Å². The van der Waals surface area contributed by atoms with Gasteiger partial charge in [0, 0.05) is 13.1 Å². The molecule has 0 aliphatic heterocycles. The molecule has 8 heteroatoms. The highest BCUT2D eigenvalue weighted by Crippen LogP contribution is 2.24. The van der Waals surface area contributed by atoms with Crippen molar-refractivity contribution in [2.45, 2.75) is 51.6 Å². The number of para-hydroxylation sites is 1. The van der Waals surface area contributed by atoms with Gasteiger partial charge in [-0.05, 0) is 57.0 Å². The molecule has 0 saturated heterocycles. The van der Waals surface area contributed by atoms with Gasteiger partial charge < -0.3 is 10.2 Å². The molecular weight excluding hydrogens is 486 g/mol. The van der Waals surface area contributed by atoms with Gasteiger partial charge in [-0.15, -0.1) is 0 Å². The van der Waals surface area contributed by atoms with E-state index >= 15 is 0 Å². The lowest BCUT2D eigenvalue weighted by atomic mass is 10.1. The van der Waals surface area contributed by atoms with Gasteiger partial charge >= 0.3 is 0 Å². The van der Waals surface area contributed by atoms with Gasteiger partial charge in [0.05, 0.1) is 10.6 Å². The molecular formula is C29H35N3O4S. The average molecular weight is 522 g/mol. The molecule has 0 unspecified atom stereocenters. The summed E-state index contributed by atoms with van der Waals surface area (Å²) in [5.74, 6) is -0.754. The number of sulfonamides is 1. The molecule has 2 amide bonds. The SMILES string of the molecule is CCCNC(=O)[C@H](C)N(Cc1cccc(C)c1)C(=O)CN(c1ccccc1)S(=O)(=O)c1ccc(C)cc1. The summed E-state index contributed by atoms with van der Waals surface area (Å²) in [5, 5.41) is 2.85. The van der Waals surface area contributed by atoms with Gasteiger partial charge in [0.25, 0.3) is 10.0 Å². The Morgan fingerprint density at radius 1 is 0.892 bits per heavy atom. The lowest BCUT2D eigenvalue weighted by Crippen LogP contribution is -2.51. The molecule has 0 heterocycles. The first-order valence-electron chi connectivity index (χ1n) is 12.4. The zero-order valence-corrected chi connectivity index (χ0v) is 22.7. The number of benzene rings is 3. The lowest BCUT2D eigenvalue weighted by molar-refractivity contribution is -0.139. The van der Waals surface area contributed by atoms with Crippen molar-refractivity contribution in [1.82, 2.24) is 10.2 Å². The predicted octanol–water partition coefficient (Wildman–Crippen LogP) is 4.44. The Hall–Kier alpha value is -3.65. The van der Waals surface area contributed by atoms with Crippen molar-refractivity contribution in [2.24, 2.45) is 0 Å². The molecule has 0 aliphatic rings. The molecule has 0 radical (unpaired) electrons. The van der Waals surface area contributed by atoms with Gasteiger partial charge in [0.15, 0.2) is 0 Å². The third-order valence-electron chi connectivity index (χ3n) is 6.08. The van der Waals surface area contributed by atoms with Gasteiger partial charge in [-0.2, -0.15) is 0 Å². The molecule has 0 bridgehead atoms. The third-order valence-corrected chi connectivity index (χ3v) is 7.87.